The number of aromatic nitrogens is 3. The Kier molecular flexibility index (Phi) is 2.98. The molecule has 0 saturated carbocycles. The predicted molar refractivity (Wildman–Crippen MR) is 76.3 cm³/mol. The molecule has 0 bridgehead atoms. The van der Waals surface area contributed by atoms with Crippen molar-refractivity contribution in [3.05, 3.63) is 60.9 Å². The number of hydrogen-bond acceptors (Lipinski definition) is 3. The van der Waals surface area contributed by atoms with Gasteiger partial charge in [-0.25, -0.2) is 0 Å². The smallest absolute Gasteiger partial charge is 0.168 e. The van der Waals surface area contributed by atoms with Gasteiger partial charge in [0.25, 0.3) is 0 Å². The first kappa shape index (κ1) is 11.5. The molecule has 0 atom stereocenters. The van der Waals surface area contributed by atoms with Gasteiger partial charge in [0.2, 0.25) is 0 Å². The van der Waals surface area contributed by atoms with Gasteiger partial charge in [0.15, 0.2) is 5.82 Å². The van der Waals surface area contributed by atoms with E-state index in [2.05, 4.69) is 15.5 Å². The summed E-state index contributed by atoms with van der Waals surface area (Å²) in [7, 11) is 1.90. The molecule has 3 aromatic rings. The molecule has 2 aromatic carbocycles. The second kappa shape index (κ2) is 4.94. The zero-order valence-corrected chi connectivity index (χ0v) is 10.6. The minimum absolute atomic E-state index is 0.842. The van der Waals surface area contributed by atoms with Gasteiger partial charge >= 0.3 is 0 Å². The Morgan fingerprint density at radius 1 is 0.947 bits per heavy atom. The third kappa shape index (κ3) is 2.20. The fraction of sp³-hybridized carbons (Fsp3) is 0.0667. The monoisotopic (exact) mass is 250 g/mol. The topological polar surface area (TPSA) is 42.7 Å². The third-order valence-electron chi connectivity index (χ3n) is 3.01. The molecule has 94 valence electrons. The normalized spacial score (nSPS) is 10.4. The quantitative estimate of drug-likeness (QED) is 0.777. The molecule has 0 radical (unpaired) electrons. The number of nitrogens with zero attached hydrogens (tertiary/aromatic N) is 3. The van der Waals surface area contributed by atoms with Gasteiger partial charge in [-0.15, -0.1) is 10.2 Å². The Morgan fingerprint density at radius 3 is 2.37 bits per heavy atom. The molecule has 0 unspecified atom stereocenters. The first-order valence-electron chi connectivity index (χ1n) is 6.12. The SMILES string of the molecule is CNc1ccc(-c2nncn2-c2ccccc2)cc1. The van der Waals surface area contributed by atoms with Crippen LogP contribution in [0.3, 0.4) is 0 Å². The molecular weight excluding hydrogens is 236 g/mol. The van der Waals surface area contributed by atoms with Crippen LogP contribution in [-0.4, -0.2) is 21.8 Å². The summed E-state index contributed by atoms with van der Waals surface area (Å²) in [5.41, 5.74) is 3.18. The van der Waals surface area contributed by atoms with Crippen molar-refractivity contribution in [2.75, 3.05) is 12.4 Å². The standard InChI is InChI=1S/C15H14N4/c1-16-13-9-7-12(8-10-13)15-18-17-11-19(15)14-5-3-2-4-6-14/h2-11,16H,1H3. The van der Waals surface area contributed by atoms with E-state index in [0.29, 0.717) is 0 Å². The molecule has 0 spiro atoms. The van der Waals surface area contributed by atoms with Crippen molar-refractivity contribution in [2.24, 2.45) is 0 Å². The molecule has 0 saturated heterocycles. The lowest BCUT2D eigenvalue weighted by molar-refractivity contribution is 1.06. The molecule has 19 heavy (non-hydrogen) atoms. The largest absolute Gasteiger partial charge is 0.388 e. The summed E-state index contributed by atoms with van der Waals surface area (Å²) in [6.07, 6.45) is 1.73. The van der Waals surface area contributed by atoms with Gasteiger partial charge in [-0.3, -0.25) is 4.57 Å². The molecule has 1 N–H and O–H groups in total. The van der Waals surface area contributed by atoms with Crippen LogP contribution in [0.4, 0.5) is 5.69 Å². The van der Waals surface area contributed by atoms with E-state index >= 15 is 0 Å². The minimum Gasteiger partial charge on any atom is -0.388 e. The van der Waals surface area contributed by atoms with Gasteiger partial charge in [0, 0.05) is 24.0 Å². The molecule has 1 heterocycles. The van der Waals surface area contributed by atoms with E-state index in [9.17, 15) is 0 Å². The molecule has 0 aliphatic heterocycles. The third-order valence-corrected chi connectivity index (χ3v) is 3.01. The molecule has 4 heteroatoms. The summed E-state index contributed by atoms with van der Waals surface area (Å²) in [5, 5.41) is 11.3. The van der Waals surface area contributed by atoms with E-state index in [1.54, 1.807) is 6.33 Å². The first-order chi connectivity index (χ1) is 9.38. The lowest BCUT2D eigenvalue weighted by Crippen LogP contribution is -1.96. The highest BCUT2D eigenvalue weighted by Gasteiger charge is 2.08. The van der Waals surface area contributed by atoms with Crippen LogP contribution >= 0.6 is 0 Å². The molecule has 3 rings (SSSR count). The van der Waals surface area contributed by atoms with Crippen molar-refractivity contribution >= 4 is 5.69 Å². The lowest BCUT2D eigenvalue weighted by atomic mass is 10.2. The van der Waals surface area contributed by atoms with Gasteiger partial charge in [0.1, 0.15) is 6.33 Å². The number of benzene rings is 2. The van der Waals surface area contributed by atoms with Crippen molar-refractivity contribution in [2.45, 2.75) is 0 Å². The summed E-state index contributed by atoms with van der Waals surface area (Å²) < 4.78 is 1.98. The van der Waals surface area contributed by atoms with Crippen LogP contribution in [-0.2, 0) is 0 Å². The maximum atomic E-state index is 4.21. The number of nitrogens with one attached hydrogen (secondary N) is 1. The average molecular weight is 250 g/mol. The summed E-state index contributed by atoms with van der Waals surface area (Å²) in [4.78, 5) is 0. The zero-order valence-electron chi connectivity index (χ0n) is 10.6. The molecule has 0 amide bonds. The highest BCUT2D eigenvalue weighted by molar-refractivity contribution is 5.61. The number of anilines is 1. The van der Waals surface area contributed by atoms with Gasteiger partial charge in [-0.05, 0) is 36.4 Å². The number of para-hydroxylation sites is 1. The number of rotatable bonds is 3. The second-order valence-electron chi connectivity index (χ2n) is 4.19. The van der Waals surface area contributed by atoms with Crippen molar-refractivity contribution in [3.8, 4) is 17.1 Å². The van der Waals surface area contributed by atoms with Gasteiger partial charge in [0.05, 0.1) is 0 Å². The summed E-state index contributed by atoms with van der Waals surface area (Å²) in [6, 6.07) is 18.2. The zero-order chi connectivity index (χ0) is 13.1. The molecule has 0 aliphatic rings. The molecular formula is C15H14N4. The Labute approximate surface area is 111 Å². The first-order valence-corrected chi connectivity index (χ1v) is 6.12. The van der Waals surface area contributed by atoms with Gasteiger partial charge < -0.3 is 5.32 Å². The Balaban J connectivity index is 2.04. The van der Waals surface area contributed by atoms with E-state index in [4.69, 9.17) is 0 Å². The predicted octanol–water partition coefficient (Wildman–Crippen LogP) is 2.98. The van der Waals surface area contributed by atoms with E-state index < -0.39 is 0 Å². The van der Waals surface area contributed by atoms with Crippen LogP contribution < -0.4 is 5.32 Å². The Hall–Kier alpha value is -2.62. The van der Waals surface area contributed by atoms with Crippen molar-refractivity contribution in [3.63, 3.8) is 0 Å². The average Bonchev–Trinajstić information content (AvgIpc) is 2.98. The summed E-state index contributed by atoms with van der Waals surface area (Å²) in [5.74, 6) is 0.842. The van der Waals surface area contributed by atoms with Gasteiger partial charge in [-0.2, -0.15) is 0 Å². The van der Waals surface area contributed by atoms with Crippen LogP contribution in [0.15, 0.2) is 60.9 Å². The highest BCUT2D eigenvalue weighted by Crippen LogP contribution is 2.21. The molecule has 0 aliphatic carbocycles. The maximum Gasteiger partial charge on any atom is 0.168 e. The van der Waals surface area contributed by atoms with Crippen molar-refractivity contribution in [1.29, 1.82) is 0 Å². The maximum absolute atomic E-state index is 4.21. The number of hydrogen-bond donors (Lipinski definition) is 1. The summed E-state index contributed by atoms with van der Waals surface area (Å²) >= 11 is 0. The summed E-state index contributed by atoms with van der Waals surface area (Å²) in [6.45, 7) is 0. The van der Waals surface area contributed by atoms with Gasteiger partial charge in [-0.1, -0.05) is 18.2 Å². The van der Waals surface area contributed by atoms with E-state index in [0.717, 1.165) is 22.8 Å². The van der Waals surface area contributed by atoms with Crippen LogP contribution in [0.5, 0.6) is 0 Å². The van der Waals surface area contributed by atoms with Crippen molar-refractivity contribution < 1.29 is 0 Å². The van der Waals surface area contributed by atoms with Crippen molar-refractivity contribution in [1.82, 2.24) is 14.8 Å². The fourth-order valence-corrected chi connectivity index (χ4v) is 2.00. The molecule has 4 nitrogen and oxygen atoms in total. The Bertz CT molecular complexity index is 656. The van der Waals surface area contributed by atoms with Crippen LogP contribution in [0.25, 0.3) is 17.1 Å². The highest BCUT2D eigenvalue weighted by atomic mass is 15.3. The van der Waals surface area contributed by atoms with Crippen LogP contribution in [0, 0.1) is 0 Å². The Morgan fingerprint density at radius 2 is 1.68 bits per heavy atom. The molecule has 0 fully saturated rings. The van der Waals surface area contributed by atoms with E-state index in [1.807, 2.05) is 66.2 Å². The lowest BCUT2D eigenvalue weighted by Gasteiger charge is -2.07. The fourth-order valence-electron chi connectivity index (χ4n) is 2.00. The van der Waals surface area contributed by atoms with E-state index in [-0.39, 0.29) is 0 Å². The molecule has 1 aromatic heterocycles. The second-order valence-corrected chi connectivity index (χ2v) is 4.19. The van der Waals surface area contributed by atoms with Crippen LogP contribution in [0.2, 0.25) is 0 Å². The van der Waals surface area contributed by atoms with Crippen LogP contribution in [0.1, 0.15) is 0 Å². The minimum atomic E-state index is 0.842. The van der Waals surface area contributed by atoms with E-state index in [1.165, 1.54) is 0 Å².